The SMILES string of the molecule is O=C(CCC1=NNC2N(CCc3ccccc3)C(=O)C3CCCCC3N12)N1CCN(C2CCCCC2)CC1. The summed E-state index contributed by atoms with van der Waals surface area (Å²) in [7, 11) is 0. The smallest absolute Gasteiger partial charge is 0.230 e. The van der Waals surface area contributed by atoms with Crippen LogP contribution < -0.4 is 5.43 Å². The van der Waals surface area contributed by atoms with Gasteiger partial charge in [-0.15, -0.1) is 0 Å². The minimum atomic E-state index is -0.227. The lowest BCUT2D eigenvalue weighted by molar-refractivity contribution is -0.155. The molecule has 38 heavy (non-hydrogen) atoms. The molecular weight excluding hydrogens is 476 g/mol. The van der Waals surface area contributed by atoms with Gasteiger partial charge in [0.15, 0.2) is 6.29 Å². The molecule has 6 rings (SSSR count). The van der Waals surface area contributed by atoms with Crippen LogP contribution in [-0.4, -0.2) is 88.3 Å². The maximum Gasteiger partial charge on any atom is 0.230 e. The second kappa shape index (κ2) is 11.6. The average Bonchev–Trinajstić information content (AvgIpc) is 3.41. The van der Waals surface area contributed by atoms with E-state index in [0.717, 1.165) is 70.2 Å². The molecule has 3 unspecified atom stereocenters. The Morgan fingerprint density at radius 2 is 1.63 bits per heavy atom. The molecule has 2 aliphatic carbocycles. The number of hydrogen-bond donors (Lipinski definition) is 1. The number of carbonyl (C=O) groups is 2. The zero-order valence-corrected chi connectivity index (χ0v) is 22.8. The predicted molar refractivity (Wildman–Crippen MR) is 148 cm³/mol. The van der Waals surface area contributed by atoms with Crippen LogP contribution in [0.3, 0.4) is 0 Å². The van der Waals surface area contributed by atoms with Crippen LogP contribution in [-0.2, 0) is 16.0 Å². The summed E-state index contributed by atoms with van der Waals surface area (Å²) in [6.45, 7) is 4.38. The van der Waals surface area contributed by atoms with Gasteiger partial charge in [0.25, 0.3) is 0 Å². The van der Waals surface area contributed by atoms with Crippen molar-refractivity contribution in [3.8, 4) is 0 Å². The van der Waals surface area contributed by atoms with Crippen LogP contribution in [0, 0.1) is 5.92 Å². The van der Waals surface area contributed by atoms with E-state index in [2.05, 4.69) is 44.4 Å². The molecule has 3 heterocycles. The second-order valence-corrected chi connectivity index (χ2v) is 11.9. The molecular formula is C30H44N6O2. The normalized spacial score (nSPS) is 28.5. The zero-order valence-electron chi connectivity index (χ0n) is 22.8. The number of carbonyl (C=O) groups excluding carboxylic acids is 2. The molecule has 206 valence electrons. The number of hydrogen-bond acceptors (Lipinski definition) is 6. The van der Waals surface area contributed by atoms with Gasteiger partial charge in [0.05, 0.1) is 5.92 Å². The van der Waals surface area contributed by atoms with E-state index in [0.29, 0.717) is 19.4 Å². The van der Waals surface area contributed by atoms with Crippen LogP contribution in [0.4, 0.5) is 0 Å². The number of amides is 2. The lowest BCUT2D eigenvalue weighted by Crippen LogP contribution is -2.67. The quantitative estimate of drug-likeness (QED) is 0.597. The van der Waals surface area contributed by atoms with Gasteiger partial charge in [0, 0.05) is 57.6 Å². The summed E-state index contributed by atoms with van der Waals surface area (Å²) < 4.78 is 0. The fourth-order valence-corrected chi connectivity index (χ4v) is 7.52. The Labute approximate surface area is 227 Å². The number of piperazine rings is 1. The fraction of sp³-hybridized carbons (Fsp3) is 0.700. The van der Waals surface area contributed by atoms with Crippen molar-refractivity contribution in [1.82, 2.24) is 25.0 Å². The first-order valence-corrected chi connectivity index (χ1v) is 15.2. The number of benzene rings is 1. The fourth-order valence-electron chi connectivity index (χ4n) is 7.52. The Balaban J connectivity index is 1.06. The van der Waals surface area contributed by atoms with Gasteiger partial charge in [-0.05, 0) is 37.7 Å². The number of hydrazone groups is 1. The Bertz CT molecular complexity index is 1000. The maximum atomic E-state index is 13.6. The highest BCUT2D eigenvalue weighted by molar-refractivity contribution is 5.91. The van der Waals surface area contributed by atoms with Crippen molar-refractivity contribution in [2.24, 2.45) is 11.0 Å². The van der Waals surface area contributed by atoms with Crippen molar-refractivity contribution in [3.05, 3.63) is 35.9 Å². The third kappa shape index (κ3) is 5.29. The van der Waals surface area contributed by atoms with E-state index in [9.17, 15) is 9.59 Å². The molecule has 8 nitrogen and oxygen atoms in total. The highest BCUT2D eigenvalue weighted by Crippen LogP contribution is 2.38. The first kappa shape index (κ1) is 25.7. The molecule has 1 aromatic rings. The third-order valence-corrected chi connectivity index (χ3v) is 9.66. The van der Waals surface area contributed by atoms with E-state index in [4.69, 9.17) is 5.10 Å². The van der Waals surface area contributed by atoms with Crippen molar-refractivity contribution in [1.29, 1.82) is 0 Å². The highest BCUT2D eigenvalue weighted by atomic mass is 16.2. The van der Waals surface area contributed by atoms with Crippen molar-refractivity contribution in [2.45, 2.75) is 95.4 Å². The Morgan fingerprint density at radius 3 is 2.42 bits per heavy atom. The summed E-state index contributed by atoms with van der Waals surface area (Å²) in [6.07, 6.45) is 12.7. The summed E-state index contributed by atoms with van der Waals surface area (Å²) in [6, 6.07) is 11.3. The topological polar surface area (TPSA) is 71.5 Å². The molecule has 2 saturated heterocycles. The molecule has 4 fully saturated rings. The third-order valence-electron chi connectivity index (χ3n) is 9.66. The lowest BCUT2D eigenvalue weighted by Gasteiger charge is -2.50. The van der Waals surface area contributed by atoms with E-state index < -0.39 is 0 Å². The highest BCUT2D eigenvalue weighted by Gasteiger charge is 2.50. The maximum absolute atomic E-state index is 13.6. The Hall–Kier alpha value is -2.61. The number of fused-ring (bicyclic) bond motifs is 3. The molecule has 0 spiro atoms. The van der Waals surface area contributed by atoms with Crippen LogP contribution in [0.2, 0.25) is 0 Å². The van der Waals surface area contributed by atoms with E-state index >= 15 is 0 Å². The van der Waals surface area contributed by atoms with Crippen molar-refractivity contribution >= 4 is 17.6 Å². The summed E-state index contributed by atoms with van der Waals surface area (Å²) in [5.74, 6) is 1.50. The molecule has 2 saturated carbocycles. The van der Waals surface area contributed by atoms with Crippen LogP contribution in [0.25, 0.3) is 0 Å². The van der Waals surface area contributed by atoms with Crippen molar-refractivity contribution < 1.29 is 9.59 Å². The van der Waals surface area contributed by atoms with E-state index in [-0.39, 0.29) is 30.1 Å². The largest absolute Gasteiger partial charge is 0.340 e. The molecule has 5 aliphatic rings. The van der Waals surface area contributed by atoms with Crippen LogP contribution in [0.15, 0.2) is 35.4 Å². The minimum Gasteiger partial charge on any atom is -0.340 e. The van der Waals surface area contributed by atoms with Crippen LogP contribution >= 0.6 is 0 Å². The first-order valence-electron chi connectivity index (χ1n) is 15.2. The molecule has 0 bridgehead atoms. The number of rotatable bonds is 7. The first-order chi connectivity index (χ1) is 18.7. The van der Waals surface area contributed by atoms with Gasteiger partial charge in [-0.2, -0.15) is 5.10 Å². The number of nitrogens with zero attached hydrogens (tertiary/aromatic N) is 5. The van der Waals surface area contributed by atoms with E-state index in [1.807, 2.05) is 11.0 Å². The van der Waals surface area contributed by atoms with Gasteiger partial charge in [-0.1, -0.05) is 62.4 Å². The van der Waals surface area contributed by atoms with Crippen molar-refractivity contribution in [2.75, 3.05) is 32.7 Å². The van der Waals surface area contributed by atoms with Crippen LogP contribution in [0.5, 0.6) is 0 Å². The van der Waals surface area contributed by atoms with E-state index in [1.54, 1.807) is 0 Å². The standard InChI is InChI=1S/C30H44N6O2/c37-28(34-21-19-33(20-22-34)24-11-5-2-6-12-24)16-15-27-31-32-30-35(18-17-23-9-3-1-4-10-23)29(38)25-13-7-8-14-26(25)36(27)30/h1,3-4,9-10,24-26,30,32H,2,5-8,11-22H2. The summed E-state index contributed by atoms with van der Waals surface area (Å²) in [4.78, 5) is 35.8. The molecule has 3 atom stereocenters. The average molecular weight is 521 g/mol. The molecule has 0 radical (unpaired) electrons. The Morgan fingerprint density at radius 1 is 0.895 bits per heavy atom. The van der Waals surface area contributed by atoms with Gasteiger partial charge in [0.2, 0.25) is 11.8 Å². The van der Waals surface area contributed by atoms with Crippen molar-refractivity contribution in [3.63, 3.8) is 0 Å². The monoisotopic (exact) mass is 520 g/mol. The minimum absolute atomic E-state index is 0.0319. The summed E-state index contributed by atoms with van der Waals surface area (Å²) in [5.41, 5.74) is 4.53. The number of amidine groups is 1. The molecule has 2 amide bonds. The predicted octanol–water partition coefficient (Wildman–Crippen LogP) is 3.39. The molecule has 3 aliphatic heterocycles. The molecule has 1 N–H and O–H groups in total. The van der Waals surface area contributed by atoms with Gasteiger partial charge in [0.1, 0.15) is 5.84 Å². The lowest BCUT2D eigenvalue weighted by atomic mass is 9.80. The molecule has 8 heteroatoms. The second-order valence-electron chi connectivity index (χ2n) is 11.9. The Kier molecular flexibility index (Phi) is 7.86. The van der Waals surface area contributed by atoms with Gasteiger partial charge < -0.3 is 14.7 Å². The number of nitrogens with one attached hydrogen (secondary N) is 1. The zero-order chi connectivity index (χ0) is 25.9. The van der Waals surface area contributed by atoms with Gasteiger partial charge >= 0.3 is 0 Å². The van der Waals surface area contributed by atoms with Gasteiger partial charge in [-0.25, -0.2) is 0 Å². The van der Waals surface area contributed by atoms with Gasteiger partial charge in [-0.3, -0.25) is 19.9 Å². The summed E-state index contributed by atoms with van der Waals surface area (Å²) >= 11 is 0. The molecule has 0 aromatic heterocycles. The summed E-state index contributed by atoms with van der Waals surface area (Å²) in [5, 5.41) is 4.72. The van der Waals surface area contributed by atoms with E-state index in [1.165, 1.54) is 37.7 Å². The molecule has 1 aromatic carbocycles. The van der Waals surface area contributed by atoms with Crippen LogP contribution in [0.1, 0.15) is 76.2 Å².